The minimum absolute atomic E-state index is 0.0462. The monoisotopic (exact) mass is 437 g/mol. The van der Waals surface area contributed by atoms with Crippen molar-refractivity contribution in [2.75, 3.05) is 30.4 Å². The Bertz CT molecular complexity index is 1050. The molecule has 2 aromatic carbocycles. The van der Waals surface area contributed by atoms with E-state index >= 15 is 0 Å². The van der Waals surface area contributed by atoms with Crippen LogP contribution in [0.25, 0.3) is 0 Å². The van der Waals surface area contributed by atoms with Gasteiger partial charge < -0.3 is 25.4 Å². The number of nitrogens with one attached hydrogen (secondary N) is 2. The smallest absolute Gasteiger partial charge is 0.313 e. The fourth-order valence-electron chi connectivity index (χ4n) is 4.41. The van der Waals surface area contributed by atoms with Crippen LogP contribution >= 0.6 is 0 Å². The summed E-state index contributed by atoms with van der Waals surface area (Å²) in [6, 6.07) is 12.3. The number of anilines is 2. The highest BCUT2D eigenvalue weighted by molar-refractivity contribution is 6.39. The van der Waals surface area contributed by atoms with E-state index in [2.05, 4.69) is 10.6 Å². The standard InChI is InChI=1S/C24H27N3O5/c1-32-19-9-10-20-16(13-19)5-3-11-24(20,31)15-25-22(29)23(30)26-17-6-2-7-18(14-17)27-12-4-8-21(27)28/h2,6-7,9-10,13-14,31H,3-5,8,11-12,15H2,1H3,(H,25,29)(H,26,30)/t24-/m1/s1. The number of ether oxygens (including phenoxy) is 1. The van der Waals surface area contributed by atoms with Crippen molar-refractivity contribution in [1.82, 2.24) is 5.32 Å². The highest BCUT2D eigenvalue weighted by Gasteiger charge is 2.35. The Labute approximate surface area is 186 Å². The summed E-state index contributed by atoms with van der Waals surface area (Å²) >= 11 is 0. The Morgan fingerprint density at radius 2 is 1.97 bits per heavy atom. The van der Waals surface area contributed by atoms with Gasteiger partial charge in [0.05, 0.1) is 13.7 Å². The lowest BCUT2D eigenvalue weighted by Gasteiger charge is -2.34. The molecule has 8 nitrogen and oxygen atoms in total. The molecule has 4 rings (SSSR count). The molecule has 3 N–H and O–H groups in total. The molecule has 1 saturated heterocycles. The molecule has 0 bridgehead atoms. The Morgan fingerprint density at radius 3 is 2.72 bits per heavy atom. The van der Waals surface area contributed by atoms with Crippen molar-refractivity contribution in [2.45, 2.75) is 37.7 Å². The maximum atomic E-state index is 12.4. The average Bonchev–Trinajstić information content (AvgIpc) is 3.23. The van der Waals surface area contributed by atoms with Crippen molar-refractivity contribution in [1.29, 1.82) is 0 Å². The van der Waals surface area contributed by atoms with E-state index in [1.54, 1.807) is 42.3 Å². The van der Waals surface area contributed by atoms with Crippen LogP contribution in [-0.2, 0) is 26.4 Å². The highest BCUT2D eigenvalue weighted by atomic mass is 16.5. The largest absolute Gasteiger partial charge is 0.497 e. The number of amides is 3. The van der Waals surface area contributed by atoms with Crippen molar-refractivity contribution in [3.05, 3.63) is 53.6 Å². The summed E-state index contributed by atoms with van der Waals surface area (Å²) in [5, 5.41) is 16.3. The van der Waals surface area contributed by atoms with E-state index in [0.29, 0.717) is 36.5 Å². The number of rotatable bonds is 5. The normalized spacial score (nSPS) is 19.9. The summed E-state index contributed by atoms with van der Waals surface area (Å²) in [6.45, 7) is 0.573. The minimum atomic E-state index is -1.24. The molecular formula is C24H27N3O5. The molecule has 2 aliphatic rings. The zero-order valence-corrected chi connectivity index (χ0v) is 18.0. The summed E-state index contributed by atoms with van der Waals surface area (Å²) in [5.41, 5.74) is 1.59. The molecular weight excluding hydrogens is 410 g/mol. The van der Waals surface area contributed by atoms with Crippen LogP contribution in [0.15, 0.2) is 42.5 Å². The first kappa shape index (κ1) is 21.8. The predicted molar refractivity (Wildman–Crippen MR) is 119 cm³/mol. The number of benzene rings is 2. The van der Waals surface area contributed by atoms with E-state index in [0.717, 1.165) is 30.4 Å². The van der Waals surface area contributed by atoms with E-state index < -0.39 is 17.4 Å². The van der Waals surface area contributed by atoms with Crippen molar-refractivity contribution in [3.63, 3.8) is 0 Å². The maximum Gasteiger partial charge on any atom is 0.313 e. The van der Waals surface area contributed by atoms with Crippen LogP contribution in [0.2, 0.25) is 0 Å². The summed E-state index contributed by atoms with van der Waals surface area (Å²) < 4.78 is 5.26. The molecule has 1 aliphatic carbocycles. The topological polar surface area (TPSA) is 108 Å². The molecule has 1 fully saturated rings. The van der Waals surface area contributed by atoms with Gasteiger partial charge in [-0.25, -0.2) is 0 Å². The SMILES string of the molecule is COc1ccc2c(c1)CCC[C@@]2(O)CNC(=O)C(=O)Nc1cccc(N2CCCC2=O)c1. The number of carbonyl (C=O) groups is 3. The number of aryl methyl sites for hydroxylation is 1. The van der Waals surface area contributed by atoms with Gasteiger partial charge >= 0.3 is 11.8 Å². The van der Waals surface area contributed by atoms with Crippen LogP contribution in [0.3, 0.4) is 0 Å². The molecule has 0 saturated carbocycles. The van der Waals surface area contributed by atoms with E-state index in [1.165, 1.54) is 0 Å². The van der Waals surface area contributed by atoms with Gasteiger partial charge in [-0.2, -0.15) is 0 Å². The molecule has 2 aromatic rings. The van der Waals surface area contributed by atoms with Crippen LogP contribution in [-0.4, -0.2) is 43.0 Å². The van der Waals surface area contributed by atoms with Gasteiger partial charge in [-0.05, 0) is 67.1 Å². The molecule has 8 heteroatoms. The van der Waals surface area contributed by atoms with Crippen molar-refractivity contribution in [3.8, 4) is 5.75 Å². The molecule has 0 spiro atoms. The number of aliphatic hydroxyl groups is 1. The fraction of sp³-hybridized carbons (Fsp3) is 0.375. The lowest BCUT2D eigenvalue weighted by atomic mass is 9.79. The molecule has 1 heterocycles. The molecule has 0 aromatic heterocycles. The van der Waals surface area contributed by atoms with Crippen LogP contribution in [0, 0.1) is 0 Å². The molecule has 1 aliphatic heterocycles. The van der Waals surface area contributed by atoms with Gasteiger partial charge in [-0.3, -0.25) is 14.4 Å². The minimum Gasteiger partial charge on any atom is -0.497 e. The molecule has 3 amide bonds. The highest BCUT2D eigenvalue weighted by Crippen LogP contribution is 2.36. The first-order valence-electron chi connectivity index (χ1n) is 10.8. The van der Waals surface area contributed by atoms with Crippen LogP contribution in [0.4, 0.5) is 11.4 Å². The first-order chi connectivity index (χ1) is 15.4. The van der Waals surface area contributed by atoms with Crippen LogP contribution in [0.5, 0.6) is 5.75 Å². The second kappa shape index (κ2) is 9.00. The second-order valence-electron chi connectivity index (χ2n) is 8.24. The number of carbonyl (C=O) groups excluding carboxylic acids is 3. The van der Waals surface area contributed by atoms with E-state index in [1.807, 2.05) is 12.1 Å². The molecule has 0 unspecified atom stereocenters. The number of methoxy groups -OCH3 is 1. The van der Waals surface area contributed by atoms with Gasteiger partial charge in [0.25, 0.3) is 0 Å². The third kappa shape index (κ3) is 4.45. The molecule has 168 valence electrons. The fourth-order valence-corrected chi connectivity index (χ4v) is 4.41. The van der Waals surface area contributed by atoms with Crippen molar-refractivity contribution < 1.29 is 24.2 Å². The lowest BCUT2D eigenvalue weighted by molar-refractivity contribution is -0.137. The number of hydrogen-bond acceptors (Lipinski definition) is 5. The lowest BCUT2D eigenvalue weighted by Crippen LogP contribution is -2.46. The van der Waals surface area contributed by atoms with Crippen LogP contribution < -0.4 is 20.3 Å². The van der Waals surface area contributed by atoms with E-state index in [4.69, 9.17) is 4.74 Å². The molecule has 0 radical (unpaired) electrons. The Balaban J connectivity index is 1.39. The zero-order chi connectivity index (χ0) is 22.7. The predicted octanol–water partition coefficient (Wildman–Crippen LogP) is 2.10. The second-order valence-corrected chi connectivity index (χ2v) is 8.24. The van der Waals surface area contributed by atoms with Gasteiger partial charge in [0, 0.05) is 24.3 Å². The number of fused-ring (bicyclic) bond motifs is 1. The third-order valence-corrected chi connectivity index (χ3v) is 6.09. The molecule has 32 heavy (non-hydrogen) atoms. The van der Waals surface area contributed by atoms with E-state index in [9.17, 15) is 19.5 Å². The summed E-state index contributed by atoms with van der Waals surface area (Å²) in [7, 11) is 1.59. The van der Waals surface area contributed by atoms with Gasteiger partial charge in [0.1, 0.15) is 11.4 Å². The molecule has 1 atom stereocenters. The number of hydrogen-bond donors (Lipinski definition) is 3. The Kier molecular flexibility index (Phi) is 6.14. The summed E-state index contributed by atoms with van der Waals surface area (Å²) in [5.74, 6) is -0.898. The van der Waals surface area contributed by atoms with E-state index in [-0.39, 0.29) is 12.5 Å². The first-order valence-corrected chi connectivity index (χ1v) is 10.8. The van der Waals surface area contributed by atoms with Crippen molar-refractivity contribution in [2.24, 2.45) is 0 Å². The van der Waals surface area contributed by atoms with Gasteiger partial charge in [0.15, 0.2) is 0 Å². The van der Waals surface area contributed by atoms with Crippen molar-refractivity contribution >= 4 is 29.1 Å². The average molecular weight is 437 g/mol. The van der Waals surface area contributed by atoms with Gasteiger partial charge in [-0.1, -0.05) is 12.1 Å². The third-order valence-electron chi connectivity index (χ3n) is 6.09. The Morgan fingerprint density at radius 1 is 1.12 bits per heavy atom. The van der Waals surface area contributed by atoms with Crippen LogP contribution in [0.1, 0.15) is 36.8 Å². The van der Waals surface area contributed by atoms with Gasteiger partial charge in [0.2, 0.25) is 5.91 Å². The summed E-state index contributed by atoms with van der Waals surface area (Å²) in [4.78, 5) is 38.4. The summed E-state index contributed by atoms with van der Waals surface area (Å²) in [6.07, 6.45) is 3.38. The zero-order valence-electron chi connectivity index (χ0n) is 18.0. The maximum absolute atomic E-state index is 12.4. The van der Waals surface area contributed by atoms with Gasteiger partial charge in [-0.15, -0.1) is 0 Å². The Hall–Kier alpha value is -3.39. The number of nitrogens with zero attached hydrogens (tertiary/aromatic N) is 1. The quantitative estimate of drug-likeness (QED) is 0.621.